The van der Waals surface area contributed by atoms with E-state index >= 15 is 0 Å². The average Bonchev–Trinajstić information content (AvgIpc) is 2.96. The van der Waals surface area contributed by atoms with Crippen LogP contribution in [0.25, 0.3) is 0 Å². The highest BCUT2D eigenvalue weighted by Gasteiger charge is 2.29. The molecule has 1 heterocycles. The summed E-state index contributed by atoms with van der Waals surface area (Å²) in [6, 6.07) is 1.03. The van der Waals surface area contributed by atoms with E-state index in [1.807, 2.05) is 18.7 Å². The van der Waals surface area contributed by atoms with Gasteiger partial charge in [0.05, 0.1) is 6.33 Å². The summed E-state index contributed by atoms with van der Waals surface area (Å²) in [4.78, 5) is 4.12. The lowest BCUT2D eigenvalue weighted by Gasteiger charge is -2.28. The molecule has 2 rings (SSSR count). The van der Waals surface area contributed by atoms with Crippen molar-refractivity contribution in [3.63, 3.8) is 0 Å². The molecule has 1 fully saturated rings. The van der Waals surface area contributed by atoms with Crippen LogP contribution in [0.5, 0.6) is 0 Å². The van der Waals surface area contributed by atoms with Gasteiger partial charge in [-0.25, -0.2) is 4.98 Å². The summed E-state index contributed by atoms with van der Waals surface area (Å²) in [5, 5.41) is 12.9. The van der Waals surface area contributed by atoms with Gasteiger partial charge in [0.15, 0.2) is 0 Å². The number of nitrogens with one attached hydrogen (secondary N) is 1. The topological polar surface area (TPSA) is 50.1 Å². The molecule has 0 radical (unpaired) electrons. The van der Waals surface area contributed by atoms with E-state index in [1.54, 1.807) is 0 Å². The third kappa shape index (κ3) is 3.07. The quantitative estimate of drug-likeness (QED) is 0.817. The molecule has 17 heavy (non-hydrogen) atoms. The van der Waals surface area contributed by atoms with E-state index in [0.29, 0.717) is 12.1 Å². The van der Waals surface area contributed by atoms with E-state index in [1.165, 1.54) is 19.3 Å². The molecule has 1 aliphatic rings. The Morgan fingerprint density at radius 2 is 2.29 bits per heavy atom. The highest BCUT2D eigenvalue weighted by molar-refractivity contribution is 4.92. The third-order valence-corrected chi connectivity index (χ3v) is 3.66. The van der Waals surface area contributed by atoms with Crippen molar-refractivity contribution in [2.75, 3.05) is 13.2 Å². The monoisotopic (exact) mass is 237 g/mol. The fraction of sp³-hybridized carbons (Fsp3) is 0.769. The Balaban J connectivity index is 1.92. The zero-order chi connectivity index (χ0) is 12.3. The molecule has 1 aromatic heterocycles. The fourth-order valence-corrected chi connectivity index (χ4v) is 2.46. The largest absolute Gasteiger partial charge is 0.396 e. The number of hydrogen-bond donors (Lipinski definition) is 2. The van der Waals surface area contributed by atoms with Crippen LogP contribution < -0.4 is 5.32 Å². The van der Waals surface area contributed by atoms with Gasteiger partial charge < -0.3 is 15.0 Å². The van der Waals surface area contributed by atoms with Gasteiger partial charge in [0.2, 0.25) is 0 Å². The highest BCUT2D eigenvalue weighted by Crippen LogP contribution is 2.30. The van der Waals surface area contributed by atoms with Crippen LogP contribution in [0.15, 0.2) is 18.7 Å². The molecular formula is C13H23N3O. The summed E-state index contributed by atoms with van der Waals surface area (Å²) in [5.41, 5.74) is -0.0396. The van der Waals surface area contributed by atoms with Gasteiger partial charge in [0, 0.05) is 43.0 Å². The lowest BCUT2D eigenvalue weighted by atomic mass is 9.94. The van der Waals surface area contributed by atoms with Crippen LogP contribution in [0.2, 0.25) is 0 Å². The van der Waals surface area contributed by atoms with Gasteiger partial charge in [0.25, 0.3) is 0 Å². The van der Waals surface area contributed by atoms with Crippen molar-refractivity contribution in [1.82, 2.24) is 14.9 Å². The van der Waals surface area contributed by atoms with Crippen LogP contribution in [0.4, 0.5) is 0 Å². The molecule has 1 aliphatic carbocycles. The van der Waals surface area contributed by atoms with E-state index in [2.05, 4.69) is 28.7 Å². The molecule has 2 atom stereocenters. The fourth-order valence-electron chi connectivity index (χ4n) is 2.46. The summed E-state index contributed by atoms with van der Waals surface area (Å²) in [7, 11) is 0. The molecule has 0 saturated heterocycles. The minimum Gasteiger partial charge on any atom is -0.396 e. The minimum atomic E-state index is -0.0396. The Hall–Kier alpha value is -0.870. The number of aromatic nitrogens is 2. The van der Waals surface area contributed by atoms with Gasteiger partial charge in [-0.15, -0.1) is 0 Å². The molecule has 2 N–H and O–H groups in total. The number of aliphatic hydroxyl groups is 1. The predicted molar refractivity (Wildman–Crippen MR) is 67.8 cm³/mol. The SMILES string of the molecule is CC(C)(CO)CNC1CCCC1n1ccnc1. The van der Waals surface area contributed by atoms with Crippen LogP contribution in [0.1, 0.15) is 39.2 Å². The molecule has 0 spiro atoms. The summed E-state index contributed by atoms with van der Waals surface area (Å²) in [5.74, 6) is 0. The molecule has 0 amide bonds. The molecule has 0 aromatic carbocycles. The van der Waals surface area contributed by atoms with Crippen LogP contribution in [-0.2, 0) is 0 Å². The summed E-state index contributed by atoms with van der Waals surface area (Å²) >= 11 is 0. The third-order valence-electron chi connectivity index (χ3n) is 3.66. The molecular weight excluding hydrogens is 214 g/mol. The van der Waals surface area contributed by atoms with Gasteiger partial charge in [0.1, 0.15) is 0 Å². The Labute approximate surface area is 103 Å². The van der Waals surface area contributed by atoms with Crippen molar-refractivity contribution >= 4 is 0 Å². The summed E-state index contributed by atoms with van der Waals surface area (Å²) in [6.07, 6.45) is 9.48. The van der Waals surface area contributed by atoms with Crippen molar-refractivity contribution in [2.24, 2.45) is 5.41 Å². The first kappa shape index (κ1) is 12.6. The second-order valence-electron chi connectivity index (χ2n) is 5.82. The second-order valence-corrected chi connectivity index (χ2v) is 5.82. The second kappa shape index (κ2) is 5.19. The lowest BCUT2D eigenvalue weighted by molar-refractivity contribution is 0.150. The zero-order valence-corrected chi connectivity index (χ0v) is 10.8. The molecule has 1 aromatic rings. The van der Waals surface area contributed by atoms with Crippen LogP contribution in [0, 0.1) is 5.41 Å². The zero-order valence-electron chi connectivity index (χ0n) is 10.8. The standard InChI is InChI=1S/C13H23N3O/c1-13(2,9-17)8-15-11-4-3-5-12(11)16-7-6-14-10-16/h6-7,10-12,15,17H,3-5,8-9H2,1-2H3. The molecule has 96 valence electrons. The summed E-state index contributed by atoms with van der Waals surface area (Å²) < 4.78 is 2.20. The molecule has 0 bridgehead atoms. The van der Waals surface area contributed by atoms with Gasteiger partial charge in [-0.1, -0.05) is 13.8 Å². The van der Waals surface area contributed by atoms with Crippen LogP contribution in [0.3, 0.4) is 0 Å². The van der Waals surface area contributed by atoms with Gasteiger partial charge >= 0.3 is 0 Å². The minimum absolute atomic E-state index is 0.0396. The number of rotatable bonds is 5. The molecule has 2 unspecified atom stereocenters. The Kier molecular flexibility index (Phi) is 3.84. The maximum atomic E-state index is 9.26. The smallest absolute Gasteiger partial charge is 0.0949 e. The van der Waals surface area contributed by atoms with E-state index < -0.39 is 0 Å². The number of imidazole rings is 1. The van der Waals surface area contributed by atoms with E-state index in [-0.39, 0.29) is 12.0 Å². The molecule has 4 heteroatoms. The van der Waals surface area contributed by atoms with Crippen molar-refractivity contribution in [3.8, 4) is 0 Å². The van der Waals surface area contributed by atoms with E-state index in [0.717, 1.165) is 6.54 Å². The van der Waals surface area contributed by atoms with Crippen LogP contribution >= 0.6 is 0 Å². The van der Waals surface area contributed by atoms with Crippen molar-refractivity contribution in [1.29, 1.82) is 0 Å². The number of hydrogen-bond acceptors (Lipinski definition) is 3. The Morgan fingerprint density at radius 1 is 1.47 bits per heavy atom. The van der Waals surface area contributed by atoms with Crippen molar-refractivity contribution < 1.29 is 5.11 Å². The summed E-state index contributed by atoms with van der Waals surface area (Å²) in [6.45, 7) is 5.25. The van der Waals surface area contributed by atoms with Gasteiger partial charge in [-0.2, -0.15) is 0 Å². The Bertz CT molecular complexity index is 334. The first-order valence-electron chi connectivity index (χ1n) is 6.44. The Morgan fingerprint density at radius 3 is 2.94 bits per heavy atom. The first-order valence-corrected chi connectivity index (χ1v) is 6.44. The lowest BCUT2D eigenvalue weighted by Crippen LogP contribution is -2.40. The molecule has 1 saturated carbocycles. The normalized spacial score (nSPS) is 25.4. The van der Waals surface area contributed by atoms with E-state index in [9.17, 15) is 5.11 Å². The first-order chi connectivity index (χ1) is 8.12. The van der Waals surface area contributed by atoms with Crippen LogP contribution in [-0.4, -0.2) is 33.9 Å². The van der Waals surface area contributed by atoms with Crippen molar-refractivity contribution in [2.45, 2.75) is 45.2 Å². The number of aliphatic hydroxyl groups excluding tert-OH is 1. The highest BCUT2D eigenvalue weighted by atomic mass is 16.3. The molecule has 4 nitrogen and oxygen atoms in total. The maximum absolute atomic E-state index is 9.26. The van der Waals surface area contributed by atoms with Gasteiger partial charge in [-0.05, 0) is 19.3 Å². The van der Waals surface area contributed by atoms with Crippen molar-refractivity contribution in [3.05, 3.63) is 18.7 Å². The maximum Gasteiger partial charge on any atom is 0.0949 e. The van der Waals surface area contributed by atoms with E-state index in [4.69, 9.17) is 0 Å². The van der Waals surface area contributed by atoms with Gasteiger partial charge in [-0.3, -0.25) is 0 Å². The molecule has 0 aliphatic heterocycles. The number of nitrogens with zero attached hydrogens (tertiary/aromatic N) is 2. The average molecular weight is 237 g/mol. The predicted octanol–water partition coefficient (Wildman–Crippen LogP) is 1.58.